The van der Waals surface area contributed by atoms with Crippen LogP contribution in [0.1, 0.15) is 50.8 Å². The first-order chi connectivity index (χ1) is 14.0. The van der Waals surface area contributed by atoms with Gasteiger partial charge in [-0.05, 0) is 35.7 Å². The maximum Gasteiger partial charge on any atom is 0.225 e. The average molecular weight is 459 g/mol. The third kappa shape index (κ3) is 5.29. The molecule has 3 aromatic heterocycles. The Morgan fingerprint density at radius 3 is 2.86 bits per heavy atom. The zero-order valence-corrected chi connectivity index (χ0v) is 18.3. The van der Waals surface area contributed by atoms with E-state index in [4.69, 9.17) is 4.52 Å². The molecular formula is C19H23BrN8O. The van der Waals surface area contributed by atoms with Crippen LogP contribution in [-0.2, 0) is 6.54 Å². The predicted molar refractivity (Wildman–Crippen MR) is 117 cm³/mol. The van der Waals surface area contributed by atoms with Gasteiger partial charge in [0.15, 0.2) is 17.4 Å². The number of hydrogen-bond acceptors (Lipinski definition) is 8. The normalized spacial score (nSPS) is 12.1. The largest absolute Gasteiger partial charge is 0.359 e. The molecule has 0 radical (unpaired) electrons. The van der Waals surface area contributed by atoms with Gasteiger partial charge < -0.3 is 15.2 Å². The van der Waals surface area contributed by atoms with Gasteiger partial charge in [0.25, 0.3) is 0 Å². The molecule has 10 heteroatoms. The molecule has 0 saturated carbocycles. The van der Waals surface area contributed by atoms with Gasteiger partial charge in [-0.2, -0.15) is 10.1 Å². The summed E-state index contributed by atoms with van der Waals surface area (Å²) in [6.07, 6.45) is 5.27. The van der Waals surface area contributed by atoms with E-state index in [-0.39, 0.29) is 0 Å². The third-order valence-electron chi connectivity index (χ3n) is 3.99. The van der Waals surface area contributed by atoms with Crippen LogP contribution in [0.25, 0.3) is 5.70 Å². The topological polar surface area (TPSA) is 117 Å². The van der Waals surface area contributed by atoms with E-state index in [1.165, 1.54) is 0 Å². The van der Waals surface area contributed by atoms with E-state index in [0.29, 0.717) is 41.5 Å². The first-order valence-corrected chi connectivity index (χ1v) is 9.99. The summed E-state index contributed by atoms with van der Waals surface area (Å²) in [5, 5.41) is 17.6. The smallest absolute Gasteiger partial charge is 0.225 e. The maximum absolute atomic E-state index is 5.37. The number of aliphatic imine (C=N–C) groups is 1. The van der Waals surface area contributed by atoms with Crippen LogP contribution in [0.15, 0.2) is 38.4 Å². The summed E-state index contributed by atoms with van der Waals surface area (Å²) in [6, 6.07) is 3.80. The van der Waals surface area contributed by atoms with Crippen LogP contribution in [0, 0.1) is 0 Å². The number of hydrogen-bond donors (Lipinski definition) is 3. The zero-order chi connectivity index (χ0) is 20.8. The number of halogens is 1. The lowest BCUT2D eigenvalue weighted by Crippen LogP contribution is -2.05. The fraction of sp³-hybridized carbons (Fsp3) is 0.316. The van der Waals surface area contributed by atoms with E-state index in [1.807, 2.05) is 32.1 Å². The van der Waals surface area contributed by atoms with E-state index >= 15 is 0 Å². The van der Waals surface area contributed by atoms with Gasteiger partial charge in [0, 0.05) is 30.2 Å². The molecule has 0 aliphatic rings. The van der Waals surface area contributed by atoms with Gasteiger partial charge in [0.05, 0.1) is 16.7 Å². The van der Waals surface area contributed by atoms with Crippen molar-refractivity contribution in [3.63, 3.8) is 0 Å². The lowest BCUT2D eigenvalue weighted by atomic mass is 10.1. The minimum Gasteiger partial charge on any atom is -0.359 e. The van der Waals surface area contributed by atoms with E-state index < -0.39 is 0 Å². The van der Waals surface area contributed by atoms with E-state index in [2.05, 4.69) is 70.7 Å². The highest BCUT2D eigenvalue weighted by molar-refractivity contribution is 9.10. The number of aromatic nitrogens is 5. The van der Waals surface area contributed by atoms with Crippen molar-refractivity contribution in [3.8, 4) is 0 Å². The van der Waals surface area contributed by atoms with Crippen LogP contribution in [0.3, 0.4) is 0 Å². The van der Waals surface area contributed by atoms with Gasteiger partial charge in [-0.1, -0.05) is 25.1 Å². The van der Waals surface area contributed by atoms with Crippen molar-refractivity contribution < 1.29 is 4.52 Å². The molecule has 3 aromatic rings. The second kappa shape index (κ2) is 9.46. The van der Waals surface area contributed by atoms with Gasteiger partial charge in [-0.15, -0.1) is 0 Å². The number of nitrogens with one attached hydrogen (secondary N) is 3. The van der Waals surface area contributed by atoms with Crippen LogP contribution in [0.2, 0.25) is 0 Å². The highest BCUT2D eigenvalue weighted by atomic mass is 79.9. The molecule has 0 spiro atoms. The Morgan fingerprint density at radius 2 is 2.17 bits per heavy atom. The Labute approximate surface area is 177 Å². The molecule has 0 unspecified atom stereocenters. The summed E-state index contributed by atoms with van der Waals surface area (Å²) in [5.74, 6) is 2.76. The SMILES string of the molecule is C/C=N\C(=C/C)c1cc(CNc2ncc(Br)c(Nc3cc(C(C)C)[nH]n3)n2)on1. The van der Waals surface area contributed by atoms with Crippen LogP contribution >= 0.6 is 15.9 Å². The number of anilines is 3. The van der Waals surface area contributed by atoms with Crippen LogP contribution in [0.5, 0.6) is 0 Å². The number of H-pyrrole nitrogens is 1. The Hall–Kier alpha value is -3.01. The summed E-state index contributed by atoms with van der Waals surface area (Å²) < 4.78 is 6.10. The Balaban J connectivity index is 1.67. The van der Waals surface area contributed by atoms with Crippen LogP contribution in [0.4, 0.5) is 17.6 Å². The molecule has 152 valence electrons. The monoisotopic (exact) mass is 458 g/mol. The molecule has 3 rings (SSSR count). The van der Waals surface area contributed by atoms with Crippen molar-refractivity contribution in [2.45, 2.75) is 40.2 Å². The average Bonchev–Trinajstić information content (AvgIpc) is 3.36. The molecule has 0 atom stereocenters. The molecule has 0 fully saturated rings. The van der Waals surface area contributed by atoms with E-state index in [9.17, 15) is 0 Å². The molecular weight excluding hydrogens is 436 g/mol. The molecule has 0 amide bonds. The van der Waals surface area contributed by atoms with Crippen LogP contribution in [-0.4, -0.2) is 31.5 Å². The molecule has 29 heavy (non-hydrogen) atoms. The maximum atomic E-state index is 5.37. The Morgan fingerprint density at radius 1 is 1.34 bits per heavy atom. The number of rotatable bonds is 8. The Kier molecular flexibility index (Phi) is 6.76. The third-order valence-corrected chi connectivity index (χ3v) is 4.57. The quantitative estimate of drug-likeness (QED) is 0.411. The van der Waals surface area contributed by atoms with Gasteiger partial charge in [-0.3, -0.25) is 10.1 Å². The summed E-state index contributed by atoms with van der Waals surface area (Å²) in [7, 11) is 0. The molecule has 0 aromatic carbocycles. The molecule has 3 heterocycles. The number of allylic oxidation sites excluding steroid dienone is 1. The minimum atomic E-state index is 0.363. The number of nitrogens with zero attached hydrogens (tertiary/aromatic N) is 5. The fourth-order valence-corrected chi connectivity index (χ4v) is 2.76. The lowest BCUT2D eigenvalue weighted by molar-refractivity contribution is 0.386. The summed E-state index contributed by atoms with van der Waals surface area (Å²) >= 11 is 3.46. The van der Waals surface area contributed by atoms with Gasteiger partial charge in [0.1, 0.15) is 5.69 Å². The lowest BCUT2D eigenvalue weighted by Gasteiger charge is -2.07. The van der Waals surface area contributed by atoms with Gasteiger partial charge in [-0.25, -0.2) is 4.98 Å². The van der Waals surface area contributed by atoms with E-state index in [1.54, 1.807) is 12.4 Å². The van der Waals surface area contributed by atoms with Crippen molar-refractivity contribution in [1.82, 2.24) is 25.3 Å². The summed E-state index contributed by atoms with van der Waals surface area (Å²) in [5.41, 5.74) is 2.49. The minimum absolute atomic E-state index is 0.363. The van der Waals surface area contributed by atoms with E-state index in [0.717, 1.165) is 15.9 Å². The van der Waals surface area contributed by atoms with Crippen molar-refractivity contribution >= 4 is 45.4 Å². The second-order valence-electron chi connectivity index (χ2n) is 6.47. The predicted octanol–water partition coefficient (Wildman–Crippen LogP) is 4.88. The molecule has 9 nitrogen and oxygen atoms in total. The fourth-order valence-electron chi connectivity index (χ4n) is 2.47. The van der Waals surface area contributed by atoms with Crippen molar-refractivity contribution in [3.05, 3.63) is 46.0 Å². The summed E-state index contributed by atoms with van der Waals surface area (Å²) in [4.78, 5) is 13.0. The number of aromatic amines is 1. The van der Waals surface area contributed by atoms with Gasteiger partial charge >= 0.3 is 0 Å². The molecule has 3 N–H and O–H groups in total. The zero-order valence-electron chi connectivity index (χ0n) is 16.7. The molecule has 0 aliphatic carbocycles. The summed E-state index contributed by atoms with van der Waals surface area (Å²) in [6.45, 7) is 8.35. The highest BCUT2D eigenvalue weighted by Crippen LogP contribution is 2.25. The van der Waals surface area contributed by atoms with Crippen molar-refractivity contribution in [2.24, 2.45) is 4.99 Å². The highest BCUT2D eigenvalue weighted by Gasteiger charge is 2.11. The standard InChI is InChI=1S/C19H23BrN8O/c1-5-14(21-6-2)16-7-12(29-28-16)9-22-19-23-10-13(20)18(25-19)24-17-8-15(11(3)4)26-27-17/h5-8,10-11H,9H2,1-4H3,(H3,22,23,24,25,26,27)/b14-5-,21-6-. The Bertz CT molecular complexity index is 1020. The second-order valence-corrected chi connectivity index (χ2v) is 7.33. The van der Waals surface area contributed by atoms with Crippen molar-refractivity contribution in [2.75, 3.05) is 10.6 Å². The molecule has 0 saturated heterocycles. The molecule has 0 aliphatic heterocycles. The first-order valence-electron chi connectivity index (χ1n) is 9.19. The van der Waals surface area contributed by atoms with Crippen molar-refractivity contribution in [1.29, 1.82) is 0 Å². The first kappa shape index (κ1) is 20.7. The molecule has 0 bridgehead atoms. The van der Waals surface area contributed by atoms with Gasteiger partial charge in [0.2, 0.25) is 5.95 Å². The van der Waals surface area contributed by atoms with Crippen LogP contribution < -0.4 is 10.6 Å².